The molecule has 0 atom stereocenters. The molecule has 0 aliphatic heterocycles. The Morgan fingerprint density at radius 2 is 0.689 bits per heavy atom. The van der Waals surface area contributed by atoms with Gasteiger partial charge in [0.25, 0.3) is 0 Å². The highest BCUT2D eigenvalue weighted by Gasteiger charge is 2.20. The number of fused-ring (bicyclic) bond motifs is 15. The highest BCUT2D eigenvalue weighted by Crippen LogP contribution is 2.47. The first-order valence-electron chi connectivity index (χ1n) is 21.2. The molecule has 0 unspecified atom stereocenters. The molecule has 1 nitrogen and oxygen atoms in total. The van der Waals surface area contributed by atoms with Crippen molar-refractivity contribution in [1.82, 2.24) is 4.57 Å². The molecular weight excluding hydrogens is 735 g/mol. The summed E-state index contributed by atoms with van der Waals surface area (Å²) in [7, 11) is 0. The van der Waals surface area contributed by atoms with Gasteiger partial charge < -0.3 is 4.57 Å². The van der Waals surface area contributed by atoms with Crippen LogP contribution in [0.5, 0.6) is 0 Å². The van der Waals surface area contributed by atoms with Crippen molar-refractivity contribution in [1.29, 1.82) is 0 Å². The zero-order valence-corrected chi connectivity index (χ0v) is 33.3. The van der Waals surface area contributed by atoms with Crippen LogP contribution in [-0.4, -0.2) is 4.57 Å². The number of hydrogen-bond acceptors (Lipinski definition) is 0. The smallest absolute Gasteiger partial charge is 0.0619 e. The van der Waals surface area contributed by atoms with Gasteiger partial charge in [-0.25, -0.2) is 0 Å². The third-order valence-corrected chi connectivity index (χ3v) is 13.1. The molecule has 282 valence electrons. The molecule has 0 aliphatic rings. The van der Waals surface area contributed by atoms with E-state index in [1.807, 2.05) is 0 Å². The SMILES string of the molecule is c1ccc(-c2ccc3c(c2)c2ccccc2c2c4ccc(-c5cccc6c(-c7cccc8c9ccccc9n(-c9ccccc9)c78)cccc56)cc4c4ccccc4c32)cc1. The number of benzene rings is 12. The zero-order valence-electron chi connectivity index (χ0n) is 33.3. The van der Waals surface area contributed by atoms with Crippen molar-refractivity contribution >= 4 is 86.4 Å². The summed E-state index contributed by atoms with van der Waals surface area (Å²) in [5.74, 6) is 0. The van der Waals surface area contributed by atoms with Crippen molar-refractivity contribution in [2.75, 3.05) is 0 Å². The Hall–Kier alpha value is -8.00. The number of hydrogen-bond donors (Lipinski definition) is 0. The van der Waals surface area contributed by atoms with Gasteiger partial charge in [0, 0.05) is 22.0 Å². The maximum absolute atomic E-state index is 2.45. The van der Waals surface area contributed by atoms with E-state index in [4.69, 9.17) is 0 Å². The summed E-state index contributed by atoms with van der Waals surface area (Å²) < 4.78 is 2.44. The predicted molar refractivity (Wildman–Crippen MR) is 262 cm³/mol. The summed E-state index contributed by atoms with van der Waals surface area (Å²) in [5, 5.41) is 17.9. The van der Waals surface area contributed by atoms with Gasteiger partial charge in [0.1, 0.15) is 0 Å². The average molecular weight is 772 g/mol. The molecule has 0 saturated heterocycles. The van der Waals surface area contributed by atoms with Crippen LogP contribution in [0.1, 0.15) is 0 Å². The molecular formula is C60H37N. The van der Waals surface area contributed by atoms with Crippen molar-refractivity contribution in [3.8, 4) is 39.1 Å². The third kappa shape index (κ3) is 5.02. The van der Waals surface area contributed by atoms with E-state index in [2.05, 4.69) is 229 Å². The number of nitrogens with zero attached hydrogens (tertiary/aromatic N) is 1. The van der Waals surface area contributed by atoms with Gasteiger partial charge in [0.2, 0.25) is 0 Å². The van der Waals surface area contributed by atoms with Gasteiger partial charge in [-0.2, -0.15) is 0 Å². The molecule has 12 aromatic carbocycles. The lowest BCUT2D eigenvalue weighted by Crippen LogP contribution is -1.95. The second kappa shape index (κ2) is 13.3. The van der Waals surface area contributed by atoms with E-state index in [9.17, 15) is 0 Å². The lowest BCUT2D eigenvalue weighted by Gasteiger charge is -2.18. The van der Waals surface area contributed by atoms with Crippen LogP contribution >= 0.6 is 0 Å². The van der Waals surface area contributed by atoms with E-state index in [1.54, 1.807) is 0 Å². The molecule has 0 spiro atoms. The molecule has 0 amide bonds. The van der Waals surface area contributed by atoms with Crippen molar-refractivity contribution < 1.29 is 0 Å². The zero-order chi connectivity index (χ0) is 40.0. The van der Waals surface area contributed by atoms with Crippen LogP contribution in [0.15, 0.2) is 224 Å². The lowest BCUT2D eigenvalue weighted by molar-refractivity contribution is 1.18. The Morgan fingerprint density at radius 3 is 1.36 bits per heavy atom. The van der Waals surface area contributed by atoms with Gasteiger partial charge >= 0.3 is 0 Å². The summed E-state index contributed by atoms with van der Waals surface area (Å²) in [4.78, 5) is 0. The van der Waals surface area contributed by atoms with Crippen LogP contribution in [0.25, 0.3) is 126 Å². The summed E-state index contributed by atoms with van der Waals surface area (Å²) >= 11 is 0. The molecule has 61 heavy (non-hydrogen) atoms. The molecule has 0 radical (unpaired) electrons. The fourth-order valence-corrected chi connectivity index (χ4v) is 10.5. The number of para-hydroxylation sites is 3. The Labute approximate surface area is 353 Å². The van der Waals surface area contributed by atoms with Crippen molar-refractivity contribution in [2.24, 2.45) is 0 Å². The van der Waals surface area contributed by atoms with Gasteiger partial charge in [-0.15, -0.1) is 0 Å². The Bertz CT molecular complexity index is 3910. The fourth-order valence-electron chi connectivity index (χ4n) is 10.5. The van der Waals surface area contributed by atoms with E-state index >= 15 is 0 Å². The number of rotatable bonds is 4. The van der Waals surface area contributed by atoms with Gasteiger partial charge in [-0.3, -0.25) is 0 Å². The Balaban J connectivity index is 1.06. The van der Waals surface area contributed by atoms with E-state index in [-0.39, 0.29) is 0 Å². The highest BCUT2D eigenvalue weighted by atomic mass is 15.0. The number of aromatic nitrogens is 1. The van der Waals surface area contributed by atoms with Gasteiger partial charge in [-0.05, 0) is 123 Å². The molecule has 13 aromatic rings. The Morgan fingerprint density at radius 1 is 0.230 bits per heavy atom. The highest BCUT2D eigenvalue weighted by molar-refractivity contribution is 6.39. The molecule has 0 bridgehead atoms. The summed E-state index contributed by atoms with van der Waals surface area (Å²) in [6.45, 7) is 0. The normalized spacial score (nSPS) is 11.9. The molecule has 1 heteroatoms. The van der Waals surface area contributed by atoms with E-state index in [0.29, 0.717) is 0 Å². The van der Waals surface area contributed by atoms with E-state index in [0.717, 1.165) is 5.69 Å². The van der Waals surface area contributed by atoms with Crippen LogP contribution in [0.2, 0.25) is 0 Å². The minimum Gasteiger partial charge on any atom is -0.309 e. The summed E-state index contributed by atoms with van der Waals surface area (Å²) in [6.07, 6.45) is 0. The van der Waals surface area contributed by atoms with E-state index < -0.39 is 0 Å². The topological polar surface area (TPSA) is 4.93 Å². The molecule has 1 heterocycles. The molecule has 0 aliphatic carbocycles. The first-order chi connectivity index (χ1) is 30.3. The first kappa shape index (κ1) is 33.9. The second-order valence-corrected chi connectivity index (χ2v) is 16.3. The van der Waals surface area contributed by atoms with Crippen LogP contribution in [-0.2, 0) is 0 Å². The monoisotopic (exact) mass is 771 g/mol. The summed E-state index contributed by atoms with van der Waals surface area (Å²) in [5.41, 5.74) is 11.0. The molecule has 0 fully saturated rings. The molecule has 0 N–H and O–H groups in total. The quantitative estimate of drug-likeness (QED) is 0.157. The summed E-state index contributed by atoms with van der Waals surface area (Å²) in [6, 6.07) is 83.0. The van der Waals surface area contributed by atoms with Crippen molar-refractivity contribution in [2.45, 2.75) is 0 Å². The maximum atomic E-state index is 2.45. The van der Waals surface area contributed by atoms with Gasteiger partial charge in [0.05, 0.1) is 11.0 Å². The van der Waals surface area contributed by atoms with Crippen LogP contribution in [0.4, 0.5) is 0 Å². The minimum absolute atomic E-state index is 1.16. The van der Waals surface area contributed by atoms with Crippen LogP contribution in [0.3, 0.4) is 0 Å². The Kier molecular flexibility index (Phi) is 7.37. The molecule has 1 aromatic heterocycles. The maximum Gasteiger partial charge on any atom is 0.0619 e. The predicted octanol–water partition coefficient (Wildman–Crippen LogP) is 16.7. The molecule has 13 rings (SSSR count). The van der Waals surface area contributed by atoms with Crippen molar-refractivity contribution in [3.05, 3.63) is 224 Å². The van der Waals surface area contributed by atoms with Crippen LogP contribution in [0, 0.1) is 0 Å². The van der Waals surface area contributed by atoms with Crippen molar-refractivity contribution in [3.63, 3.8) is 0 Å². The average Bonchev–Trinajstić information content (AvgIpc) is 3.68. The largest absolute Gasteiger partial charge is 0.309 e. The molecule has 0 saturated carbocycles. The second-order valence-electron chi connectivity index (χ2n) is 16.3. The standard InChI is InChI=1S/C60H37N/c1-3-16-38(17-4-1)39-32-34-51-55(36-39)46-20-7-9-23-49(46)59-52-35-33-40(37-56(52)47-21-8-10-24-50(47)58(51)59)42-25-13-27-44-43(42)26-14-28-45(44)53-29-15-30-54-48-22-11-12-31-57(48)61(60(53)54)41-18-5-2-6-19-41/h1-37H. The fraction of sp³-hybridized carbons (Fsp3) is 0. The van der Waals surface area contributed by atoms with E-state index in [1.165, 1.54) is 120 Å². The van der Waals surface area contributed by atoms with Gasteiger partial charge in [0.15, 0.2) is 0 Å². The lowest BCUT2D eigenvalue weighted by atomic mass is 9.85. The minimum atomic E-state index is 1.16. The van der Waals surface area contributed by atoms with Crippen LogP contribution < -0.4 is 0 Å². The van der Waals surface area contributed by atoms with Gasteiger partial charge in [-0.1, -0.05) is 194 Å². The third-order valence-electron chi connectivity index (χ3n) is 13.1. The first-order valence-corrected chi connectivity index (χ1v) is 21.2.